The van der Waals surface area contributed by atoms with E-state index in [2.05, 4.69) is 10.3 Å². The molecule has 0 atom stereocenters. The zero-order chi connectivity index (χ0) is 14.7. The second-order valence-corrected chi connectivity index (χ2v) is 5.10. The summed E-state index contributed by atoms with van der Waals surface area (Å²) in [5, 5.41) is 3.05. The van der Waals surface area contributed by atoms with Crippen LogP contribution in [0.4, 0.5) is 10.1 Å². The standard InChI is InChI=1S/C11H10FN3O2S.C2H6/c12-6-1-14-2-7-8(6)9(13)10(18-7)11(16)15-5-3-17-4-5;1-2/h1-2,5H,3-4,13H2,(H,15,16);1-2H3. The second kappa shape index (κ2) is 6.15. The Morgan fingerprint density at radius 3 is 2.75 bits per heavy atom. The van der Waals surface area contributed by atoms with Crippen LogP contribution in [0.5, 0.6) is 0 Å². The lowest BCUT2D eigenvalue weighted by molar-refractivity contribution is -0.00337. The largest absolute Gasteiger partial charge is 0.397 e. The highest BCUT2D eigenvalue weighted by molar-refractivity contribution is 7.21. The van der Waals surface area contributed by atoms with Crippen LogP contribution in [-0.2, 0) is 4.74 Å². The molecule has 0 radical (unpaired) electrons. The van der Waals surface area contributed by atoms with E-state index in [0.717, 1.165) is 17.5 Å². The van der Waals surface area contributed by atoms with Gasteiger partial charge in [0, 0.05) is 6.20 Å². The van der Waals surface area contributed by atoms with E-state index in [9.17, 15) is 9.18 Å². The molecule has 0 unspecified atom stereocenters. The molecule has 0 aromatic carbocycles. The molecule has 3 rings (SSSR count). The summed E-state index contributed by atoms with van der Waals surface area (Å²) in [5.41, 5.74) is 6.00. The van der Waals surface area contributed by atoms with Crippen LogP contribution in [0.1, 0.15) is 23.5 Å². The highest BCUT2D eigenvalue weighted by Crippen LogP contribution is 2.34. The van der Waals surface area contributed by atoms with Crippen molar-refractivity contribution in [1.82, 2.24) is 10.3 Å². The Morgan fingerprint density at radius 1 is 1.50 bits per heavy atom. The lowest BCUT2D eigenvalue weighted by Gasteiger charge is -2.26. The van der Waals surface area contributed by atoms with Crippen molar-refractivity contribution < 1.29 is 13.9 Å². The predicted octanol–water partition coefficient (Wildman–Crippen LogP) is 2.17. The highest BCUT2D eigenvalue weighted by Gasteiger charge is 2.24. The third kappa shape index (κ3) is 2.59. The molecule has 1 saturated heterocycles. The molecular formula is C13H16FN3O2S. The van der Waals surface area contributed by atoms with Crippen molar-refractivity contribution in [1.29, 1.82) is 0 Å². The number of halogens is 1. The summed E-state index contributed by atoms with van der Waals surface area (Å²) >= 11 is 1.14. The highest BCUT2D eigenvalue weighted by atomic mass is 32.1. The molecule has 5 nitrogen and oxygen atoms in total. The van der Waals surface area contributed by atoms with E-state index < -0.39 is 5.82 Å². The van der Waals surface area contributed by atoms with Gasteiger partial charge in [-0.1, -0.05) is 13.8 Å². The fraction of sp³-hybridized carbons (Fsp3) is 0.385. The molecule has 7 heteroatoms. The third-order valence-corrected chi connectivity index (χ3v) is 3.91. The summed E-state index contributed by atoms with van der Waals surface area (Å²) in [7, 11) is 0. The van der Waals surface area contributed by atoms with Crippen LogP contribution in [0.2, 0.25) is 0 Å². The maximum Gasteiger partial charge on any atom is 0.263 e. The fourth-order valence-electron chi connectivity index (χ4n) is 1.77. The smallest absolute Gasteiger partial charge is 0.263 e. The van der Waals surface area contributed by atoms with Crippen LogP contribution < -0.4 is 11.1 Å². The number of rotatable bonds is 2. The monoisotopic (exact) mass is 297 g/mol. The number of pyridine rings is 1. The molecule has 1 amide bonds. The molecule has 0 saturated carbocycles. The fourth-order valence-corrected chi connectivity index (χ4v) is 2.78. The number of nitrogens with one attached hydrogen (secondary N) is 1. The minimum atomic E-state index is -0.507. The van der Waals surface area contributed by atoms with Crippen LogP contribution in [0, 0.1) is 5.82 Å². The number of anilines is 1. The van der Waals surface area contributed by atoms with Gasteiger partial charge in [0.1, 0.15) is 4.88 Å². The van der Waals surface area contributed by atoms with Gasteiger partial charge in [-0.05, 0) is 0 Å². The van der Waals surface area contributed by atoms with E-state index in [1.54, 1.807) is 0 Å². The summed E-state index contributed by atoms with van der Waals surface area (Å²) in [4.78, 5) is 16.0. The maximum atomic E-state index is 13.6. The first kappa shape index (κ1) is 14.7. The van der Waals surface area contributed by atoms with Gasteiger partial charge in [0.25, 0.3) is 5.91 Å². The van der Waals surface area contributed by atoms with Gasteiger partial charge < -0.3 is 15.8 Å². The van der Waals surface area contributed by atoms with Gasteiger partial charge in [-0.15, -0.1) is 11.3 Å². The summed E-state index contributed by atoms with van der Waals surface area (Å²) in [6.07, 6.45) is 2.59. The number of hydrogen-bond acceptors (Lipinski definition) is 5. The molecule has 20 heavy (non-hydrogen) atoms. The number of nitrogens with zero attached hydrogens (tertiary/aromatic N) is 1. The first-order valence-electron chi connectivity index (χ1n) is 6.37. The van der Waals surface area contributed by atoms with E-state index >= 15 is 0 Å². The number of thiophene rings is 1. The molecule has 2 aromatic rings. The van der Waals surface area contributed by atoms with Gasteiger partial charge in [-0.2, -0.15) is 0 Å². The average molecular weight is 297 g/mol. The van der Waals surface area contributed by atoms with E-state index in [-0.39, 0.29) is 23.0 Å². The Bertz CT molecular complexity index is 625. The van der Waals surface area contributed by atoms with E-state index in [4.69, 9.17) is 10.5 Å². The molecule has 3 heterocycles. The molecule has 1 aliphatic heterocycles. The number of aromatic nitrogens is 1. The molecule has 108 valence electrons. The zero-order valence-corrected chi connectivity index (χ0v) is 12.1. The summed E-state index contributed by atoms with van der Waals surface area (Å²) in [6.45, 7) is 5.01. The van der Waals surface area contributed by atoms with Crippen LogP contribution in [0.3, 0.4) is 0 Å². The quantitative estimate of drug-likeness (QED) is 0.890. The lowest BCUT2D eigenvalue weighted by atomic mass is 10.2. The number of nitrogens with two attached hydrogens (primary N) is 1. The number of carbonyl (C=O) groups is 1. The third-order valence-electron chi connectivity index (χ3n) is 2.77. The van der Waals surface area contributed by atoms with Crippen molar-refractivity contribution in [2.24, 2.45) is 0 Å². The van der Waals surface area contributed by atoms with E-state index in [1.165, 1.54) is 6.20 Å². The Labute approximate surface area is 119 Å². The Hall–Kier alpha value is -1.73. The van der Waals surface area contributed by atoms with E-state index in [0.29, 0.717) is 22.8 Å². The van der Waals surface area contributed by atoms with Gasteiger partial charge >= 0.3 is 0 Å². The topological polar surface area (TPSA) is 77.2 Å². The zero-order valence-electron chi connectivity index (χ0n) is 11.3. The minimum Gasteiger partial charge on any atom is -0.397 e. The Balaban J connectivity index is 0.000000704. The number of amides is 1. The molecule has 1 aliphatic rings. The molecule has 3 N–H and O–H groups in total. The van der Waals surface area contributed by atoms with Crippen molar-refractivity contribution in [3.63, 3.8) is 0 Å². The summed E-state index contributed by atoms with van der Waals surface area (Å²) in [5.74, 6) is -0.798. The van der Waals surface area contributed by atoms with Gasteiger partial charge in [0.15, 0.2) is 5.82 Å². The Morgan fingerprint density at radius 2 is 2.20 bits per heavy atom. The predicted molar refractivity (Wildman–Crippen MR) is 77.4 cm³/mol. The molecule has 0 aliphatic carbocycles. The molecular weight excluding hydrogens is 281 g/mol. The van der Waals surface area contributed by atoms with Crippen LogP contribution >= 0.6 is 11.3 Å². The van der Waals surface area contributed by atoms with Gasteiger partial charge in [0.2, 0.25) is 0 Å². The normalized spacial score (nSPS) is 14.3. The number of nitrogen functional groups attached to an aromatic ring is 1. The van der Waals surface area contributed by atoms with Crippen molar-refractivity contribution in [3.05, 3.63) is 23.1 Å². The van der Waals surface area contributed by atoms with Crippen molar-refractivity contribution in [3.8, 4) is 0 Å². The van der Waals surface area contributed by atoms with E-state index in [1.807, 2.05) is 13.8 Å². The molecule has 1 fully saturated rings. The van der Waals surface area contributed by atoms with Crippen molar-refractivity contribution in [2.45, 2.75) is 19.9 Å². The summed E-state index contributed by atoms with van der Waals surface area (Å²) in [6, 6.07) is 0.0186. The number of hydrogen-bond donors (Lipinski definition) is 2. The second-order valence-electron chi connectivity index (χ2n) is 4.05. The molecule has 2 aromatic heterocycles. The van der Waals surface area contributed by atoms with Gasteiger partial charge in [0.05, 0.1) is 41.2 Å². The lowest BCUT2D eigenvalue weighted by Crippen LogP contribution is -2.48. The summed E-state index contributed by atoms with van der Waals surface area (Å²) < 4.78 is 19.1. The molecule has 0 bridgehead atoms. The SMILES string of the molecule is CC.Nc1c(C(=O)NC2COC2)sc2cncc(F)c12. The number of ether oxygens (including phenoxy) is 1. The van der Waals surface area contributed by atoms with Crippen LogP contribution in [-0.4, -0.2) is 30.1 Å². The molecule has 0 spiro atoms. The van der Waals surface area contributed by atoms with Crippen molar-refractivity contribution in [2.75, 3.05) is 18.9 Å². The van der Waals surface area contributed by atoms with Gasteiger partial charge in [-0.25, -0.2) is 4.39 Å². The number of carbonyl (C=O) groups excluding carboxylic acids is 1. The van der Waals surface area contributed by atoms with Crippen LogP contribution in [0.25, 0.3) is 10.1 Å². The van der Waals surface area contributed by atoms with Crippen LogP contribution in [0.15, 0.2) is 12.4 Å². The first-order chi connectivity index (χ1) is 9.66. The van der Waals surface area contributed by atoms with Gasteiger partial charge in [-0.3, -0.25) is 9.78 Å². The average Bonchev–Trinajstić information content (AvgIpc) is 2.75. The number of fused-ring (bicyclic) bond motifs is 1. The Kier molecular flexibility index (Phi) is 4.51. The maximum absolute atomic E-state index is 13.6. The van der Waals surface area contributed by atoms with Crippen molar-refractivity contribution >= 4 is 33.0 Å². The first-order valence-corrected chi connectivity index (χ1v) is 7.18. The minimum absolute atomic E-state index is 0.0186.